The van der Waals surface area contributed by atoms with Gasteiger partial charge in [-0.15, -0.1) is 0 Å². The Labute approximate surface area is 165 Å². The summed E-state index contributed by atoms with van der Waals surface area (Å²) in [5.41, 5.74) is 0. The molecule has 0 saturated heterocycles. The highest BCUT2D eigenvalue weighted by molar-refractivity contribution is 7.87. The lowest BCUT2D eigenvalue weighted by Gasteiger charge is -2.32. The van der Waals surface area contributed by atoms with Crippen molar-refractivity contribution < 1.29 is 66.0 Å². The number of unbranched alkanes of at least 4 members (excludes halogenated alkanes) is 1. The van der Waals surface area contributed by atoms with Gasteiger partial charge in [0.2, 0.25) is 6.36 Å². The molecular weight excluding hydrogens is 470 g/mol. The fourth-order valence-corrected chi connectivity index (χ4v) is 2.61. The third kappa shape index (κ3) is 7.09. The van der Waals surface area contributed by atoms with Crippen LogP contribution in [-0.2, 0) is 23.8 Å². The molecule has 0 aromatic heterocycles. The predicted octanol–water partition coefficient (Wildman–Crippen LogP) is 4.67. The lowest BCUT2D eigenvalue weighted by atomic mass is 10.1. The van der Waals surface area contributed by atoms with Crippen LogP contribution in [0.15, 0.2) is 0 Å². The fraction of sp³-hybridized carbons (Fsp3) is 1.00. The summed E-state index contributed by atoms with van der Waals surface area (Å²) in [6.07, 6.45) is -10.2. The second-order valence-corrected chi connectivity index (χ2v) is 7.46. The Hall–Kier alpha value is -0.870. The van der Waals surface area contributed by atoms with E-state index in [9.17, 15) is 52.3 Å². The van der Waals surface area contributed by atoms with Crippen molar-refractivity contribution in [2.45, 2.75) is 62.2 Å². The van der Waals surface area contributed by atoms with Gasteiger partial charge in [-0.1, -0.05) is 13.3 Å². The standard InChI is InChI=1S/C14H20F10O5S/c1-2-3-6-27-8-9-28-7-4-5-10(15)29-30(25,26)14(23,24)12(18,19)11(16,17)13(20,21)22/h10H,2-9H2,1H3. The maximum Gasteiger partial charge on any atom is 0.460 e. The van der Waals surface area contributed by atoms with Gasteiger partial charge in [-0.05, 0) is 12.8 Å². The molecule has 0 bridgehead atoms. The summed E-state index contributed by atoms with van der Waals surface area (Å²) in [6.45, 7) is 2.33. The normalized spacial score (nSPS) is 15.4. The Morgan fingerprint density at radius 3 is 1.67 bits per heavy atom. The minimum Gasteiger partial charge on any atom is -0.379 e. The van der Waals surface area contributed by atoms with E-state index < -0.39 is 46.2 Å². The SMILES string of the molecule is CCCCOCCOCCCC(F)OS(=O)(=O)C(F)(F)C(F)(F)C(F)(F)C(F)(F)F. The highest BCUT2D eigenvalue weighted by Crippen LogP contribution is 2.55. The quantitative estimate of drug-likeness (QED) is 0.190. The molecule has 5 nitrogen and oxygen atoms in total. The highest BCUT2D eigenvalue weighted by atomic mass is 32.2. The van der Waals surface area contributed by atoms with Crippen molar-refractivity contribution in [2.75, 3.05) is 26.4 Å². The molecule has 1 unspecified atom stereocenters. The Morgan fingerprint density at radius 2 is 1.23 bits per heavy atom. The van der Waals surface area contributed by atoms with Crippen LogP contribution in [0.1, 0.15) is 32.6 Å². The molecule has 0 rings (SSSR count). The smallest absolute Gasteiger partial charge is 0.379 e. The maximum atomic E-state index is 13.4. The zero-order valence-corrected chi connectivity index (χ0v) is 16.3. The summed E-state index contributed by atoms with van der Waals surface area (Å²) >= 11 is 0. The topological polar surface area (TPSA) is 61.8 Å². The van der Waals surface area contributed by atoms with E-state index in [0.29, 0.717) is 6.61 Å². The lowest BCUT2D eigenvalue weighted by Crippen LogP contribution is -2.63. The average molecular weight is 490 g/mol. The number of rotatable bonds is 15. The van der Waals surface area contributed by atoms with Gasteiger partial charge < -0.3 is 9.47 Å². The van der Waals surface area contributed by atoms with Gasteiger partial charge in [0.15, 0.2) is 0 Å². The molecule has 0 amide bonds. The predicted molar refractivity (Wildman–Crippen MR) is 81.6 cm³/mol. The van der Waals surface area contributed by atoms with Crippen LogP contribution in [0.25, 0.3) is 0 Å². The summed E-state index contributed by atoms with van der Waals surface area (Å²) in [4.78, 5) is 0. The van der Waals surface area contributed by atoms with Gasteiger partial charge in [0.25, 0.3) is 0 Å². The van der Waals surface area contributed by atoms with E-state index in [4.69, 9.17) is 9.47 Å². The van der Waals surface area contributed by atoms with Crippen LogP contribution in [0, 0.1) is 0 Å². The van der Waals surface area contributed by atoms with Crippen molar-refractivity contribution >= 4 is 10.1 Å². The van der Waals surface area contributed by atoms with Crippen molar-refractivity contribution in [3.05, 3.63) is 0 Å². The Bertz CT molecular complexity index is 609. The molecule has 1 atom stereocenters. The van der Waals surface area contributed by atoms with E-state index in [-0.39, 0.29) is 26.2 Å². The van der Waals surface area contributed by atoms with E-state index >= 15 is 0 Å². The van der Waals surface area contributed by atoms with E-state index in [1.807, 2.05) is 6.92 Å². The molecule has 0 radical (unpaired) electrons. The number of ether oxygens (including phenoxy) is 2. The van der Waals surface area contributed by atoms with Crippen LogP contribution in [-0.4, -0.2) is 64.5 Å². The van der Waals surface area contributed by atoms with Gasteiger partial charge in [-0.3, -0.25) is 0 Å². The zero-order valence-electron chi connectivity index (χ0n) is 15.5. The van der Waals surface area contributed by atoms with E-state index in [1.54, 1.807) is 0 Å². The van der Waals surface area contributed by atoms with E-state index in [1.165, 1.54) is 0 Å². The molecule has 182 valence electrons. The molecule has 0 aromatic carbocycles. The molecule has 0 N–H and O–H groups in total. The molecule has 16 heteroatoms. The monoisotopic (exact) mass is 490 g/mol. The van der Waals surface area contributed by atoms with Crippen molar-refractivity contribution in [2.24, 2.45) is 0 Å². The van der Waals surface area contributed by atoms with Crippen LogP contribution < -0.4 is 0 Å². The third-order valence-electron chi connectivity index (χ3n) is 3.39. The van der Waals surface area contributed by atoms with Crippen LogP contribution in [0.5, 0.6) is 0 Å². The van der Waals surface area contributed by atoms with Crippen LogP contribution in [0.4, 0.5) is 43.9 Å². The summed E-state index contributed by atoms with van der Waals surface area (Å²) in [5, 5.41) is -7.09. The van der Waals surface area contributed by atoms with Crippen LogP contribution in [0.2, 0.25) is 0 Å². The first kappa shape index (κ1) is 29.1. The number of alkyl halides is 10. The van der Waals surface area contributed by atoms with Crippen molar-refractivity contribution in [1.82, 2.24) is 0 Å². The van der Waals surface area contributed by atoms with Crippen molar-refractivity contribution in [3.63, 3.8) is 0 Å². The molecule has 30 heavy (non-hydrogen) atoms. The van der Waals surface area contributed by atoms with Crippen molar-refractivity contribution in [1.29, 1.82) is 0 Å². The Balaban J connectivity index is 4.75. The minimum absolute atomic E-state index is 0.0383. The molecule has 0 aliphatic carbocycles. The molecule has 0 saturated carbocycles. The summed E-state index contributed by atoms with van der Waals surface area (Å²) < 4.78 is 163. The van der Waals surface area contributed by atoms with E-state index in [0.717, 1.165) is 12.8 Å². The number of halogens is 10. The van der Waals surface area contributed by atoms with E-state index in [2.05, 4.69) is 4.18 Å². The zero-order chi connectivity index (χ0) is 23.9. The second kappa shape index (κ2) is 11.1. The van der Waals surface area contributed by atoms with Crippen LogP contribution in [0.3, 0.4) is 0 Å². The fourth-order valence-electron chi connectivity index (χ4n) is 1.68. The molecule has 0 spiro atoms. The lowest BCUT2D eigenvalue weighted by molar-refractivity contribution is -0.383. The molecule has 0 aromatic rings. The van der Waals surface area contributed by atoms with Gasteiger partial charge in [0.05, 0.1) is 13.2 Å². The first-order valence-corrected chi connectivity index (χ1v) is 9.79. The molecule has 0 aliphatic heterocycles. The molecule has 0 heterocycles. The molecule has 0 aliphatic rings. The third-order valence-corrected chi connectivity index (χ3v) is 4.74. The van der Waals surface area contributed by atoms with Gasteiger partial charge in [-0.2, -0.15) is 47.9 Å². The number of hydrogen-bond donors (Lipinski definition) is 0. The number of hydrogen-bond acceptors (Lipinski definition) is 5. The first-order valence-electron chi connectivity index (χ1n) is 8.38. The highest BCUT2D eigenvalue weighted by Gasteiger charge is 2.85. The second-order valence-electron chi connectivity index (χ2n) is 5.84. The Kier molecular flexibility index (Phi) is 10.8. The van der Waals surface area contributed by atoms with Gasteiger partial charge in [0.1, 0.15) is 0 Å². The average Bonchev–Trinajstić information content (AvgIpc) is 2.58. The summed E-state index contributed by atoms with van der Waals surface area (Å²) in [7, 11) is -7.22. The maximum absolute atomic E-state index is 13.4. The first-order chi connectivity index (χ1) is 13.5. The van der Waals surface area contributed by atoms with Gasteiger partial charge >= 0.3 is 33.4 Å². The summed E-state index contributed by atoms with van der Waals surface area (Å²) in [6, 6.07) is 0. The molecular formula is C14H20F10O5S. The largest absolute Gasteiger partial charge is 0.460 e. The van der Waals surface area contributed by atoms with Crippen molar-refractivity contribution in [3.8, 4) is 0 Å². The minimum atomic E-state index is -7.47. The summed E-state index contributed by atoms with van der Waals surface area (Å²) in [5.74, 6) is -14.9. The van der Waals surface area contributed by atoms with Gasteiger partial charge in [-0.25, -0.2) is 8.57 Å². The van der Waals surface area contributed by atoms with Gasteiger partial charge in [0, 0.05) is 19.6 Å². The molecule has 0 fully saturated rings. The van der Waals surface area contributed by atoms with Crippen LogP contribution >= 0.6 is 0 Å². The Morgan fingerprint density at radius 1 is 0.767 bits per heavy atom.